The van der Waals surface area contributed by atoms with Crippen molar-refractivity contribution in [3.63, 3.8) is 0 Å². The minimum absolute atomic E-state index is 0.00846. The fraction of sp³-hybridized carbons (Fsp3) is 0. The minimum atomic E-state index is -4.08. The number of nitrogens with zero attached hydrogens (tertiary/aromatic N) is 1. The zero-order valence-corrected chi connectivity index (χ0v) is 11.3. The predicted octanol–water partition coefficient (Wildman–Crippen LogP) is 1.44. The highest BCUT2D eigenvalue weighted by molar-refractivity contribution is 7.92. The van der Waals surface area contributed by atoms with E-state index >= 15 is 0 Å². The van der Waals surface area contributed by atoms with Crippen molar-refractivity contribution in [3.05, 3.63) is 53.9 Å². The van der Waals surface area contributed by atoms with E-state index in [1.165, 1.54) is 0 Å². The summed E-state index contributed by atoms with van der Waals surface area (Å²) in [7, 11) is -4.08. The molecule has 0 aliphatic heterocycles. The molecule has 2 aromatic rings. The molecule has 0 radical (unpaired) electrons. The van der Waals surface area contributed by atoms with E-state index in [2.05, 4.69) is 9.71 Å². The SMILES string of the molecule is N=C(N)c1cc(NS(=O)(=O)c2cncc(F)c2)ccc1F. The van der Waals surface area contributed by atoms with Crippen molar-refractivity contribution >= 4 is 21.5 Å². The monoisotopic (exact) mass is 312 g/mol. The Kier molecular flexibility index (Phi) is 3.85. The van der Waals surface area contributed by atoms with Gasteiger partial charge in [-0.3, -0.25) is 15.1 Å². The van der Waals surface area contributed by atoms with Crippen LogP contribution in [0.15, 0.2) is 41.6 Å². The van der Waals surface area contributed by atoms with E-state index in [4.69, 9.17) is 11.1 Å². The molecule has 21 heavy (non-hydrogen) atoms. The van der Waals surface area contributed by atoms with Crippen LogP contribution in [0.25, 0.3) is 0 Å². The topological polar surface area (TPSA) is 109 Å². The van der Waals surface area contributed by atoms with Crippen LogP contribution in [0.3, 0.4) is 0 Å². The normalized spacial score (nSPS) is 11.1. The number of sulfonamides is 1. The van der Waals surface area contributed by atoms with Crippen molar-refractivity contribution in [2.24, 2.45) is 5.73 Å². The van der Waals surface area contributed by atoms with Crippen LogP contribution in [-0.2, 0) is 10.0 Å². The second-order valence-corrected chi connectivity index (χ2v) is 5.74. The lowest BCUT2D eigenvalue weighted by Crippen LogP contribution is -2.16. The maximum atomic E-state index is 13.4. The Morgan fingerprint density at radius 1 is 1.24 bits per heavy atom. The number of hydrogen-bond acceptors (Lipinski definition) is 4. The van der Waals surface area contributed by atoms with Crippen LogP contribution >= 0.6 is 0 Å². The average Bonchev–Trinajstić information content (AvgIpc) is 2.40. The lowest BCUT2D eigenvalue weighted by atomic mass is 10.2. The van der Waals surface area contributed by atoms with Gasteiger partial charge in [0.25, 0.3) is 10.0 Å². The van der Waals surface area contributed by atoms with Crippen molar-refractivity contribution in [2.75, 3.05) is 4.72 Å². The molecule has 1 aromatic carbocycles. The number of rotatable bonds is 4. The molecule has 0 unspecified atom stereocenters. The fourth-order valence-corrected chi connectivity index (χ4v) is 2.57. The lowest BCUT2D eigenvalue weighted by molar-refractivity contribution is 0.592. The van der Waals surface area contributed by atoms with Crippen molar-refractivity contribution in [1.29, 1.82) is 5.41 Å². The van der Waals surface area contributed by atoms with Gasteiger partial charge in [-0.05, 0) is 24.3 Å². The summed E-state index contributed by atoms with van der Waals surface area (Å²) in [6.45, 7) is 0. The minimum Gasteiger partial charge on any atom is -0.384 e. The summed E-state index contributed by atoms with van der Waals surface area (Å²) in [6, 6.07) is 4.00. The van der Waals surface area contributed by atoms with Crippen LogP contribution in [-0.4, -0.2) is 19.2 Å². The number of hydrogen-bond donors (Lipinski definition) is 3. The van der Waals surface area contributed by atoms with E-state index in [9.17, 15) is 17.2 Å². The average molecular weight is 312 g/mol. The summed E-state index contributed by atoms with van der Waals surface area (Å²) in [5, 5.41) is 7.20. The van der Waals surface area contributed by atoms with Gasteiger partial charge in [0.15, 0.2) is 0 Å². The molecule has 0 bridgehead atoms. The zero-order chi connectivity index (χ0) is 15.6. The Hall–Kier alpha value is -2.55. The molecule has 0 fully saturated rings. The molecule has 0 spiro atoms. The third kappa shape index (κ3) is 3.31. The second kappa shape index (κ2) is 5.44. The molecule has 1 heterocycles. The third-order valence-corrected chi connectivity index (χ3v) is 3.85. The number of anilines is 1. The van der Waals surface area contributed by atoms with Gasteiger partial charge in [-0.1, -0.05) is 0 Å². The number of benzene rings is 1. The van der Waals surface area contributed by atoms with E-state index in [0.717, 1.165) is 36.7 Å². The van der Waals surface area contributed by atoms with E-state index in [0.29, 0.717) is 0 Å². The van der Waals surface area contributed by atoms with Gasteiger partial charge in [0.1, 0.15) is 22.4 Å². The van der Waals surface area contributed by atoms with Gasteiger partial charge in [-0.2, -0.15) is 0 Å². The number of amidine groups is 1. The smallest absolute Gasteiger partial charge is 0.263 e. The van der Waals surface area contributed by atoms with Gasteiger partial charge >= 0.3 is 0 Å². The van der Waals surface area contributed by atoms with E-state index in [1.807, 2.05) is 0 Å². The van der Waals surface area contributed by atoms with Gasteiger partial charge < -0.3 is 5.73 Å². The van der Waals surface area contributed by atoms with Crippen LogP contribution in [0.2, 0.25) is 0 Å². The van der Waals surface area contributed by atoms with Gasteiger partial charge in [0.05, 0.1) is 11.8 Å². The largest absolute Gasteiger partial charge is 0.384 e. The lowest BCUT2D eigenvalue weighted by Gasteiger charge is -2.09. The first kappa shape index (κ1) is 14.9. The quantitative estimate of drug-likeness (QED) is 0.586. The Morgan fingerprint density at radius 2 is 1.95 bits per heavy atom. The Labute approximate surface area is 119 Å². The maximum absolute atomic E-state index is 13.4. The first-order valence-corrected chi connectivity index (χ1v) is 7.05. The van der Waals surface area contributed by atoms with Crippen LogP contribution in [0, 0.1) is 17.0 Å². The molecular weight excluding hydrogens is 302 g/mol. The standard InChI is InChI=1S/C12H10F2N4O2S/c13-7-3-9(6-17-5-7)21(19,20)18-8-1-2-11(14)10(4-8)12(15)16/h1-6,18H,(H3,15,16). The molecular formula is C12H10F2N4O2S. The summed E-state index contributed by atoms with van der Waals surface area (Å²) in [5.74, 6) is -2.10. The van der Waals surface area contributed by atoms with Crippen molar-refractivity contribution in [2.45, 2.75) is 4.90 Å². The molecule has 9 heteroatoms. The molecule has 2 rings (SSSR count). The van der Waals surface area contributed by atoms with Crippen LogP contribution < -0.4 is 10.5 Å². The van der Waals surface area contributed by atoms with Gasteiger partial charge in [0, 0.05) is 11.9 Å². The highest BCUT2D eigenvalue weighted by Gasteiger charge is 2.16. The third-order valence-electron chi connectivity index (χ3n) is 2.50. The first-order chi connectivity index (χ1) is 9.79. The summed E-state index contributed by atoms with van der Waals surface area (Å²) in [5.41, 5.74) is 4.93. The number of nitrogens with two attached hydrogens (primary N) is 1. The summed E-state index contributed by atoms with van der Waals surface area (Å²) in [4.78, 5) is 3.07. The number of pyridine rings is 1. The van der Waals surface area contributed by atoms with Gasteiger partial charge in [-0.15, -0.1) is 0 Å². The van der Waals surface area contributed by atoms with Crippen molar-refractivity contribution in [1.82, 2.24) is 4.98 Å². The maximum Gasteiger partial charge on any atom is 0.263 e. The van der Waals surface area contributed by atoms with Crippen LogP contribution in [0.4, 0.5) is 14.5 Å². The van der Waals surface area contributed by atoms with Gasteiger partial charge in [-0.25, -0.2) is 17.2 Å². The summed E-state index contributed by atoms with van der Waals surface area (Å²) in [6.07, 6.45) is 1.84. The highest BCUT2D eigenvalue weighted by Crippen LogP contribution is 2.19. The molecule has 0 saturated heterocycles. The molecule has 0 saturated carbocycles. The van der Waals surface area contributed by atoms with Crippen molar-refractivity contribution < 1.29 is 17.2 Å². The summed E-state index contributed by atoms with van der Waals surface area (Å²) < 4.78 is 52.6. The Bertz CT molecular complexity index is 809. The van der Waals surface area contributed by atoms with E-state index in [-0.39, 0.29) is 16.1 Å². The fourth-order valence-electron chi connectivity index (χ4n) is 1.55. The molecule has 0 aliphatic carbocycles. The molecule has 0 atom stereocenters. The predicted molar refractivity (Wildman–Crippen MR) is 72.4 cm³/mol. The molecule has 0 amide bonds. The molecule has 4 N–H and O–H groups in total. The van der Waals surface area contributed by atoms with Crippen LogP contribution in [0.5, 0.6) is 0 Å². The van der Waals surface area contributed by atoms with Crippen LogP contribution in [0.1, 0.15) is 5.56 Å². The first-order valence-electron chi connectivity index (χ1n) is 5.57. The molecule has 1 aromatic heterocycles. The second-order valence-electron chi connectivity index (χ2n) is 4.05. The Balaban J connectivity index is 2.37. The molecule has 0 aliphatic rings. The summed E-state index contributed by atoms with van der Waals surface area (Å²) >= 11 is 0. The number of halogens is 2. The number of nitrogen functional groups attached to an aromatic ring is 1. The van der Waals surface area contributed by atoms with E-state index in [1.54, 1.807) is 0 Å². The zero-order valence-electron chi connectivity index (χ0n) is 10.5. The van der Waals surface area contributed by atoms with E-state index < -0.39 is 27.5 Å². The highest BCUT2D eigenvalue weighted by atomic mass is 32.2. The van der Waals surface area contributed by atoms with Crippen molar-refractivity contribution in [3.8, 4) is 0 Å². The van der Waals surface area contributed by atoms with Gasteiger partial charge in [0.2, 0.25) is 0 Å². The Morgan fingerprint density at radius 3 is 2.57 bits per heavy atom. The number of aromatic nitrogens is 1. The molecule has 110 valence electrons. The number of nitrogens with one attached hydrogen (secondary N) is 2. The molecule has 6 nitrogen and oxygen atoms in total.